The first-order valence-corrected chi connectivity index (χ1v) is 7.45. The van der Waals surface area contributed by atoms with E-state index in [1.807, 2.05) is 13.8 Å². The van der Waals surface area contributed by atoms with Crippen LogP contribution in [0.3, 0.4) is 0 Å². The van der Waals surface area contributed by atoms with Crippen LogP contribution in [0.2, 0.25) is 0 Å². The Balaban J connectivity index is 1.80. The van der Waals surface area contributed by atoms with Crippen LogP contribution in [0, 0.1) is 5.82 Å². The molecule has 1 fully saturated rings. The lowest BCUT2D eigenvalue weighted by Crippen LogP contribution is -2.48. The molecule has 0 aromatic carbocycles. The van der Waals surface area contributed by atoms with E-state index in [0.29, 0.717) is 6.54 Å². The predicted octanol–water partition coefficient (Wildman–Crippen LogP) is 1.79. The van der Waals surface area contributed by atoms with E-state index in [1.165, 1.54) is 12.3 Å². The minimum absolute atomic E-state index is 0.139. The van der Waals surface area contributed by atoms with Crippen LogP contribution in [0.1, 0.15) is 13.8 Å². The second-order valence-electron chi connectivity index (χ2n) is 5.72. The largest absolute Gasteiger partial charge is 0.373 e. The second kappa shape index (κ2) is 7.51. The first-order valence-electron chi connectivity index (χ1n) is 7.45. The van der Waals surface area contributed by atoms with E-state index in [4.69, 9.17) is 4.74 Å². The lowest BCUT2D eigenvalue weighted by molar-refractivity contribution is -0.0684. The van der Waals surface area contributed by atoms with Gasteiger partial charge in [-0.15, -0.1) is 0 Å². The van der Waals surface area contributed by atoms with Gasteiger partial charge >= 0.3 is 6.03 Å². The molecule has 2 atom stereocenters. The fraction of sp³-hybridized carbons (Fsp3) is 0.600. The maximum Gasteiger partial charge on any atom is 0.321 e. The summed E-state index contributed by atoms with van der Waals surface area (Å²) in [5.74, 6) is -0.542. The van der Waals surface area contributed by atoms with Crippen LogP contribution in [0.4, 0.5) is 14.9 Å². The van der Waals surface area contributed by atoms with Crippen LogP contribution in [0.15, 0.2) is 18.5 Å². The van der Waals surface area contributed by atoms with Crippen molar-refractivity contribution in [2.45, 2.75) is 26.1 Å². The fourth-order valence-corrected chi connectivity index (χ4v) is 2.55. The van der Waals surface area contributed by atoms with Crippen LogP contribution in [-0.4, -0.2) is 66.2 Å². The summed E-state index contributed by atoms with van der Waals surface area (Å²) in [7, 11) is 1.70. The number of carbonyl (C=O) groups excluding carboxylic acids is 1. The minimum atomic E-state index is -0.542. The van der Waals surface area contributed by atoms with Gasteiger partial charge in [-0.3, -0.25) is 9.88 Å². The summed E-state index contributed by atoms with van der Waals surface area (Å²) in [6.07, 6.45) is 2.92. The number of pyridine rings is 1. The van der Waals surface area contributed by atoms with Crippen molar-refractivity contribution in [3.8, 4) is 0 Å². The Morgan fingerprint density at radius 3 is 2.82 bits per heavy atom. The molecule has 1 aromatic heterocycles. The van der Waals surface area contributed by atoms with Crippen molar-refractivity contribution >= 4 is 11.7 Å². The van der Waals surface area contributed by atoms with Crippen molar-refractivity contribution in [1.82, 2.24) is 14.8 Å². The lowest BCUT2D eigenvalue weighted by atomic mass is 10.2. The Morgan fingerprint density at radius 2 is 2.18 bits per heavy atom. The number of likely N-dealkylation sites (N-methyl/N-ethyl adjacent to an activating group) is 1. The van der Waals surface area contributed by atoms with Crippen molar-refractivity contribution in [2.24, 2.45) is 0 Å². The van der Waals surface area contributed by atoms with Gasteiger partial charge in [0.2, 0.25) is 0 Å². The summed E-state index contributed by atoms with van der Waals surface area (Å²) in [5.41, 5.74) is 0.139. The molecule has 1 aliphatic rings. The van der Waals surface area contributed by atoms with Crippen LogP contribution in [-0.2, 0) is 4.74 Å². The molecule has 2 rings (SSSR count). The van der Waals surface area contributed by atoms with Gasteiger partial charge in [0, 0.05) is 39.4 Å². The number of aromatic nitrogens is 1. The summed E-state index contributed by atoms with van der Waals surface area (Å²) in [5, 5.41) is 2.54. The summed E-state index contributed by atoms with van der Waals surface area (Å²) in [4.78, 5) is 19.5. The fourth-order valence-electron chi connectivity index (χ4n) is 2.55. The minimum Gasteiger partial charge on any atom is -0.373 e. The van der Waals surface area contributed by atoms with Crippen molar-refractivity contribution in [2.75, 3.05) is 38.5 Å². The highest BCUT2D eigenvalue weighted by molar-refractivity contribution is 5.89. The molecule has 1 N–H and O–H groups in total. The number of hydrogen-bond donors (Lipinski definition) is 1. The van der Waals surface area contributed by atoms with E-state index < -0.39 is 5.82 Å². The lowest BCUT2D eigenvalue weighted by Gasteiger charge is -2.36. The summed E-state index contributed by atoms with van der Waals surface area (Å²) in [6.45, 7) is 7.15. The normalized spacial score (nSPS) is 22.4. The maximum atomic E-state index is 13.5. The van der Waals surface area contributed by atoms with Crippen molar-refractivity contribution in [3.05, 3.63) is 24.3 Å². The Bertz CT molecular complexity index is 504. The Kier molecular flexibility index (Phi) is 5.68. The van der Waals surface area contributed by atoms with Crippen LogP contribution >= 0.6 is 0 Å². The molecular formula is C15H23FN4O2. The Labute approximate surface area is 130 Å². The average molecular weight is 310 g/mol. The third-order valence-electron chi connectivity index (χ3n) is 3.61. The highest BCUT2D eigenvalue weighted by Gasteiger charge is 2.22. The molecule has 0 saturated carbocycles. The van der Waals surface area contributed by atoms with Crippen LogP contribution < -0.4 is 5.32 Å². The molecule has 0 aliphatic carbocycles. The van der Waals surface area contributed by atoms with Gasteiger partial charge in [0.25, 0.3) is 0 Å². The monoisotopic (exact) mass is 310 g/mol. The van der Waals surface area contributed by atoms with Crippen molar-refractivity contribution in [1.29, 1.82) is 0 Å². The number of nitrogens with zero attached hydrogens (tertiary/aromatic N) is 3. The molecule has 22 heavy (non-hydrogen) atoms. The van der Waals surface area contributed by atoms with Crippen LogP contribution in [0.25, 0.3) is 0 Å². The zero-order valence-corrected chi connectivity index (χ0v) is 13.3. The van der Waals surface area contributed by atoms with E-state index in [9.17, 15) is 9.18 Å². The second-order valence-corrected chi connectivity index (χ2v) is 5.72. The summed E-state index contributed by atoms with van der Waals surface area (Å²) < 4.78 is 19.1. The number of urea groups is 1. The highest BCUT2D eigenvalue weighted by Crippen LogP contribution is 2.12. The van der Waals surface area contributed by atoms with Crippen molar-refractivity contribution in [3.63, 3.8) is 0 Å². The first kappa shape index (κ1) is 16.6. The zero-order valence-electron chi connectivity index (χ0n) is 13.3. The van der Waals surface area contributed by atoms with Gasteiger partial charge < -0.3 is 15.0 Å². The molecular weight excluding hydrogens is 287 g/mol. The van der Waals surface area contributed by atoms with Gasteiger partial charge in [-0.2, -0.15) is 0 Å². The molecule has 6 nitrogen and oxygen atoms in total. The maximum absolute atomic E-state index is 13.5. The number of ether oxygens (including phenoxy) is 1. The molecule has 0 bridgehead atoms. The molecule has 0 spiro atoms. The summed E-state index contributed by atoms with van der Waals surface area (Å²) in [6, 6.07) is 1.10. The molecule has 2 amide bonds. The van der Waals surface area contributed by atoms with Gasteiger partial charge in [-0.05, 0) is 19.9 Å². The third-order valence-corrected chi connectivity index (χ3v) is 3.61. The Hall–Kier alpha value is -1.73. The molecule has 2 heterocycles. The molecule has 1 aromatic rings. The SMILES string of the molecule is C[C@@H]1CN(CCN(C)C(=O)Nc2ccncc2F)C[C@H](C)O1. The van der Waals surface area contributed by atoms with Crippen LogP contribution in [0.5, 0.6) is 0 Å². The number of hydrogen-bond acceptors (Lipinski definition) is 4. The zero-order chi connectivity index (χ0) is 16.1. The predicted molar refractivity (Wildman–Crippen MR) is 82.3 cm³/mol. The number of rotatable bonds is 4. The number of morpholine rings is 1. The van der Waals surface area contributed by atoms with Crippen molar-refractivity contribution < 1.29 is 13.9 Å². The molecule has 122 valence electrons. The number of amides is 2. The van der Waals surface area contributed by atoms with Gasteiger partial charge in [0.1, 0.15) is 0 Å². The summed E-state index contributed by atoms with van der Waals surface area (Å²) >= 11 is 0. The van der Waals surface area contributed by atoms with Gasteiger partial charge in [-0.25, -0.2) is 9.18 Å². The van der Waals surface area contributed by atoms with Gasteiger partial charge in [0.05, 0.1) is 24.1 Å². The number of carbonyl (C=O) groups is 1. The van der Waals surface area contributed by atoms with E-state index >= 15 is 0 Å². The quantitative estimate of drug-likeness (QED) is 0.921. The van der Waals surface area contributed by atoms with E-state index in [2.05, 4.69) is 15.2 Å². The highest BCUT2D eigenvalue weighted by atomic mass is 19.1. The number of nitrogens with one attached hydrogen (secondary N) is 1. The topological polar surface area (TPSA) is 57.7 Å². The van der Waals surface area contributed by atoms with Gasteiger partial charge in [0.15, 0.2) is 5.82 Å². The smallest absolute Gasteiger partial charge is 0.321 e. The molecule has 7 heteroatoms. The van der Waals surface area contributed by atoms with E-state index in [0.717, 1.165) is 25.8 Å². The first-order chi connectivity index (χ1) is 10.5. The average Bonchev–Trinajstić information content (AvgIpc) is 2.46. The molecule has 0 radical (unpaired) electrons. The third kappa shape index (κ3) is 4.64. The molecule has 1 aliphatic heterocycles. The van der Waals surface area contributed by atoms with E-state index in [-0.39, 0.29) is 23.9 Å². The number of halogens is 1. The van der Waals surface area contributed by atoms with E-state index in [1.54, 1.807) is 11.9 Å². The molecule has 1 saturated heterocycles. The molecule has 0 unspecified atom stereocenters. The Morgan fingerprint density at radius 1 is 1.50 bits per heavy atom. The van der Waals surface area contributed by atoms with Gasteiger partial charge in [-0.1, -0.05) is 0 Å². The standard InChI is InChI=1S/C15H23FN4O2/c1-11-9-20(10-12(2)22-11)7-6-19(3)15(21)18-14-4-5-17-8-13(14)16/h4-5,8,11-12H,6-7,9-10H2,1-3H3,(H,17,18,21)/t11-,12+. The number of anilines is 1.